The summed E-state index contributed by atoms with van der Waals surface area (Å²) in [6, 6.07) is 4.81. The van der Waals surface area contributed by atoms with E-state index >= 15 is 0 Å². The maximum absolute atomic E-state index is 12.0. The van der Waals surface area contributed by atoms with Gasteiger partial charge in [-0.3, -0.25) is 0 Å². The Bertz CT molecular complexity index is 672. The van der Waals surface area contributed by atoms with E-state index < -0.39 is 0 Å². The zero-order valence-electron chi connectivity index (χ0n) is 12.3. The molecule has 0 saturated heterocycles. The first-order chi connectivity index (χ1) is 9.52. The second kappa shape index (κ2) is 7.24. The number of benzene rings is 1. The molecular weight excluding hydrogens is 296 g/mol. The summed E-state index contributed by atoms with van der Waals surface area (Å²) < 4.78 is 6.23. The van der Waals surface area contributed by atoms with E-state index in [-0.39, 0.29) is 23.7 Å². The van der Waals surface area contributed by atoms with Gasteiger partial charge in [-0.15, -0.1) is 12.4 Å². The maximum atomic E-state index is 12.0. The fourth-order valence-electron chi connectivity index (χ4n) is 1.82. The molecule has 1 heterocycles. The van der Waals surface area contributed by atoms with Crippen molar-refractivity contribution in [1.29, 1.82) is 0 Å². The van der Waals surface area contributed by atoms with E-state index in [1.165, 1.54) is 0 Å². The Morgan fingerprint density at radius 3 is 2.76 bits per heavy atom. The summed E-state index contributed by atoms with van der Waals surface area (Å²) in [5.74, 6) is 0.753. The SMILES string of the molecule is CCc1nn([O-])c2cc(OCCN(C)C)ccc2[n+]1=O.Cl. The van der Waals surface area contributed by atoms with Crippen LogP contribution in [0.15, 0.2) is 18.2 Å². The predicted octanol–water partition coefficient (Wildman–Crippen LogP) is 1.22. The summed E-state index contributed by atoms with van der Waals surface area (Å²) in [7, 11) is 3.90. The number of likely N-dealkylation sites (N-methyl/N-ethyl adjacent to an activating group) is 1. The van der Waals surface area contributed by atoms with Crippen molar-refractivity contribution in [2.45, 2.75) is 13.3 Å². The van der Waals surface area contributed by atoms with E-state index in [2.05, 4.69) is 5.10 Å². The molecule has 2 aromatic rings. The Morgan fingerprint density at radius 1 is 1.43 bits per heavy atom. The monoisotopic (exact) mass is 314 g/mol. The topological polar surface area (TPSA) is 76.3 Å². The minimum absolute atomic E-state index is 0. The molecule has 116 valence electrons. The molecule has 0 aliphatic rings. The van der Waals surface area contributed by atoms with Gasteiger partial charge in [-0.1, -0.05) is 11.8 Å². The lowest BCUT2D eigenvalue weighted by Gasteiger charge is -2.12. The molecule has 0 unspecified atom stereocenters. The highest BCUT2D eigenvalue weighted by Crippen LogP contribution is 2.17. The number of rotatable bonds is 5. The molecule has 0 amide bonds. The van der Waals surface area contributed by atoms with E-state index in [4.69, 9.17) is 4.74 Å². The first kappa shape index (κ1) is 17.2. The molecule has 21 heavy (non-hydrogen) atoms. The summed E-state index contributed by atoms with van der Waals surface area (Å²) in [5, 5.41) is 15.6. The standard InChI is InChI=1S/C13H18N4O3.ClH/c1-4-13-14-17(19)12-9-10(20-8-7-15(2)3)5-6-11(12)16(13)18;/h5-6,9H,4,7-8H2,1-3H3;1H. The van der Waals surface area contributed by atoms with Crippen LogP contribution in [-0.2, 0) is 6.42 Å². The van der Waals surface area contributed by atoms with Crippen molar-refractivity contribution in [3.05, 3.63) is 34.1 Å². The minimum Gasteiger partial charge on any atom is -0.772 e. The van der Waals surface area contributed by atoms with Gasteiger partial charge < -0.3 is 14.8 Å². The van der Waals surface area contributed by atoms with Gasteiger partial charge in [0.05, 0.1) is 11.5 Å². The first-order valence-corrected chi connectivity index (χ1v) is 6.46. The number of hydrogen-bond donors (Lipinski definition) is 0. The summed E-state index contributed by atoms with van der Waals surface area (Å²) in [4.78, 5) is 14.4. The van der Waals surface area contributed by atoms with Crippen molar-refractivity contribution in [3.63, 3.8) is 0 Å². The molecule has 1 aromatic heterocycles. The molecule has 2 rings (SSSR count). The minimum atomic E-state index is 0. The van der Waals surface area contributed by atoms with Crippen LogP contribution in [0.2, 0.25) is 0 Å². The quantitative estimate of drug-likeness (QED) is 0.776. The van der Waals surface area contributed by atoms with E-state index in [9.17, 15) is 10.1 Å². The number of halogens is 1. The lowest BCUT2D eigenvalue weighted by Crippen LogP contribution is -2.26. The highest BCUT2D eigenvalue weighted by Gasteiger charge is 2.15. The lowest BCUT2D eigenvalue weighted by molar-refractivity contribution is -0.480. The van der Waals surface area contributed by atoms with Gasteiger partial charge in [0, 0.05) is 17.0 Å². The van der Waals surface area contributed by atoms with Gasteiger partial charge in [-0.2, -0.15) is 4.85 Å². The Morgan fingerprint density at radius 2 is 2.14 bits per heavy atom. The van der Waals surface area contributed by atoms with Crippen molar-refractivity contribution < 1.29 is 9.16 Å². The normalized spacial score (nSPS) is 10.7. The zero-order valence-corrected chi connectivity index (χ0v) is 13.1. The second-order valence-corrected chi connectivity index (χ2v) is 4.74. The van der Waals surface area contributed by atoms with E-state index in [1.54, 1.807) is 25.1 Å². The number of aryl methyl sites for hydroxylation is 1. The van der Waals surface area contributed by atoms with Crippen molar-refractivity contribution in [3.8, 4) is 5.75 Å². The van der Waals surface area contributed by atoms with Gasteiger partial charge in [0.1, 0.15) is 17.9 Å². The van der Waals surface area contributed by atoms with Crippen LogP contribution in [0.25, 0.3) is 11.0 Å². The summed E-state index contributed by atoms with van der Waals surface area (Å²) in [5.41, 5.74) is 0.506. The van der Waals surface area contributed by atoms with Crippen LogP contribution in [0.5, 0.6) is 5.75 Å². The Hall–Kier alpha value is -1.86. The third-order valence-electron chi connectivity index (χ3n) is 2.94. The highest BCUT2D eigenvalue weighted by molar-refractivity contribution is 5.85. The average Bonchev–Trinajstić information content (AvgIpc) is 2.42. The van der Waals surface area contributed by atoms with Crippen LogP contribution in [0.1, 0.15) is 12.7 Å². The summed E-state index contributed by atoms with van der Waals surface area (Å²) in [6.07, 6.45) is 0.406. The molecular formula is C13H19ClN4O3. The van der Waals surface area contributed by atoms with Crippen molar-refractivity contribution in [2.75, 3.05) is 27.2 Å². The van der Waals surface area contributed by atoms with Crippen LogP contribution in [-0.4, -0.2) is 42.1 Å². The predicted molar refractivity (Wildman–Crippen MR) is 82.5 cm³/mol. The molecule has 8 heteroatoms. The van der Waals surface area contributed by atoms with Gasteiger partial charge in [-0.25, -0.2) is 0 Å². The lowest BCUT2D eigenvalue weighted by atomic mass is 10.3. The molecule has 0 radical (unpaired) electrons. The third kappa shape index (κ3) is 3.83. The molecule has 0 atom stereocenters. The first-order valence-electron chi connectivity index (χ1n) is 6.46. The summed E-state index contributed by atoms with van der Waals surface area (Å²) in [6.45, 7) is 3.06. The number of nitrogens with zero attached hydrogens (tertiary/aromatic N) is 4. The van der Waals surface area contributed by atoms with E-state index in [0.717, 1.165) is 6.54 Å². The van der Waals surface area contributed by atoms with Crippen LogP contribution in [0.3, 0.4) is 0 Å². The number of hydrogen-bond acceptors (Lipinski definition) is 5. The molecule has 0 saturated carbocycles. The fraction of sp³-hybridized carbons (Fsp3) is 0.462. The van der Waals surface area contributed by atoms with Crippen molar-refractivity contribution >= 4 is 23.4 Å². The number of fused-ring (bicyclic) bond motifs is 1. The van der Waals surface area contributed by atoms with Crippen molar-refractivity contribution in [2.24, 2.45) is 0 Å². The van der Waals surface area contributed by atoms with Crippen molar-refractivity contribution in [1.82, 2.24) is 14.8 Å². The largest absolute Gasteiger partial charge is 0.772 e. The molecule has 0 bridgehead atoms. The van der Waals surface area contributed by atoms with Gasteiger partial charge in [-0.05, 0) is 26.2 Å². The molecule has 1 aromatic carbocycles. The molecule has 7 nitrogen and oxygen atoms in total. The molecule has 0 aliphatic heterocycles. The average molecular weight is 315 g/mol. The molecule has 0 N–H and O–H groups in total. The molecule has 0 spiro atoms. The molecule has 0 aliphatic carbocycles. The van der Waals surface area contributed by atoms with E-state index in [1.807, 2.05) is 19.0 Å². The van der Waals surface area contributed by atoms with Crippen LogP contribution >= 0.6 is 12.4 Å². The zero-order chi connectivity index (χ0) is 14.7. The van der Waals surface area contributed by atoms with Gasteiger partial charge in [0.15, 0.2) is 0 Å². The summed E-state index contributed by atoms with van der Waals surface area (Å²) >= 11 is 0. The van der Waals surface area contributed by atoms with Gasteiger partial charge in [0.2, 0.25) is 5.52 Å². The van der Waals surface area contributed by atoms with E-state index in [0.29, 0.717) is 33.6 Å². The maximum Gasteiger partial charge on any atom is 0.367 e. The smallest absolute Gasteiger partial charge is 0.367 e. The van der Waals surface area contributed by atoms with Crippen LogP contribution < -0.4 is 9.16 Å². The Balaban J connectivity index is 0.00000220. The Kier molecular flexibility index (Phi) is 5.92. The third-order valence-corrected chi connectivity index (χ3v) is 2.94. The van der Waals surface area contributed by atoms with Gasteiger partial charge in [0.25, 0.3) is 0 Å². The Labute approximate surface area is 128 Å². The molecule has 0 fully saturated rings. The van der Waals surface area contributed by atoms with Crippen LogP contribution in [0.4, 0.5) is 0 Å². The van der Waals surface area contributed by atoms with Gasteiger partial charge >= 0.3 is 5.82 Å². The number of aromatic nitrogens is 3. The van der Waals surface area contributed by atoms with Crippen LogP contribution in [0, 0.1) is 10.1 Å². The second-order valence-electron chi connectivity index (χ2n) is 4.74. The number of ether oxygens (including phenoxy) is 1. The fourth-order valence-corrected chi connectivity index (χ4v) is 1.82. The highest BCUT2D eigenvalue weighted by atomic mass is 35.5.